The Morgan fingerprint density at radius 1 is 1.16 bits per heavy atom. The number of carbonyl (C=O) groups is 2. The van der Waals surface area contributed by atoms with Crippen molar-refractivity contribution < 1.29 is 14.0 Å². The van der Waals surface area contributed by atoms with E-state index in [1.165, 1.54) is 4.90 Å². The predicted octanol–water partition coefficient (Wildman–Crippen LogP) is 3.82. The first kappa shape index (κ1) is 18.6. The Hall–Kier alpha value is -2.76. The van der Waals surface area contributed by atoms with Crippen LogP contribution in [0.15, 0.2) is 40.8 Å². The van der Waals surface area contributed by atoms with Gasteiger partial charge in [0.2, 0.25) is 0 Å². The number of rotatable bonds is 6. The van der Waals surface area contributed by atoms with Crippen LogP contribution in [-0.2, 0) is 6.54 Å². The van der Waals surface area contributed by atoms with Crippen LogP contribution in [0.5, 0.6) is 0 Å². The first-order valence-corrected chi connectivity index (χ1v) is 8.36. The molecule has 0 aliphatic rings. The molecule has 25 heavy (non-hydrogen) atoms. The molecule has 6 nitrogen and oxygen atoms in total. The molecule has 2 aromatic rings. The maximum absolute atomic E-state index is 12.2. The highest BCUT2D eigenvalue weighted by Crippen LogP contribution is 2.26. The van der Waals surface area contributed by atoms with Gasteiger partial charge in [-0.2, -0.15) is 0 Å². The molecule has 1 atom stereocenters. The molecular weight excluding hydrogens is 318 g/mol. The fraction of sp³-hybridized carbons (Fsp3) is 0.368. The zero-order chi connectivity index (χ0) is 18.4. The molecule has 0 bridgehead atoms. The molecule has 0 aliphatic heterocycles. The molecule has 2 rings (SSSR count). The molecule has 0 aliphatic carbocycles. The average Bonchev–Trinajstić information content (AvgIpc) is 3.08. The van der Waals surface area contributed by atoms with Crippen molar-refractivity contribution in [2.24, 2.45) is 0 Å². The highest BCUT2D eigenvalue weighted by Gasteiger charge is 2.14. The SMILES string of the molecule is CC[C@@H](C)c1ccccc1NC(=O)NCc1ccc(C(=O)N(C)C)o1. The van der Waals surface area contributed by atoms with Gasteiger partial charge < -0.3 is 20.0 Å². The summed E-state index contributed by atoms with van der Waals surface area (Å²) in [6.07, 6.45) is 0.995. The van der Waals surface area contributed by atoms with E-state index in [0.717, 1.165) is 17.7 Å². The van der Waals surface area contributed by atoms with Crippen molar-refractivity contribution >= 4 is 17.6 Å². The van der Waals surface area contributed by atoms with Gasteiger partial charge in [-0.05, 0) is 36.1 Å². The van der Waals surface area contributed by atoms with Crippen molar-refractivity contribution in [3.8, 4) is 0 Å². The predicted molar refractivity (Wildman–Crippen MR) is 97.7 cm³/mol. The summed E-state index contributed by atoms with van der Waals surface area (Å²) in [5, 5.41) is 5.62. The van der Waals surface area contributed by atoms with E-state index in [0.29, 0.717) is 11.7 Å². The topological polar surface area (TPSA) is 74.6 Å². The summed E-state index contributed by atoms with van der Waals surface area (Å²) in [6, 6.07) is 10.8. The lowest BCUT2D eigenvalue weighted by molar-refractivity contribution is 0.0795. The summed E-state index contributed by atoms with van der Waals surface area (Å²) in [4.78, 5) is 25.4. The standard InChI is InChI=1S/C19H25N3O3/c1-5-13(2)15-8-6-7-9-16(15)21-19(24)20-12-14-10-11-17(25-14)18(23)22(3)4/h6-11,13H,5,12H2,1-4H3,(H2,20,21,24)/t13-/m1/s1. The number of anilines is 1. The third kappa shape index (κ3) is 4.86. The molecule has 6 heteroatoms. The molecule has 1 aromatic carbocycles. The van der Waals surface area contributed by atoms with E-state index >= 15 is 0 Å². The lowest BCUT2D eigenvalue weighted by Gasteiger charge is -2.15. The molecule has 0 saturated heterocycles. The van der Waals surface area contributed by atoms with Crippen LogP contribution in [-0.4, -0.2) is 30.9 Å². The van der Waals surface area contributed by atoms with Gasteiger partial charge in [-0.15, -0.1) is 0 Å². The Bertz CT molecular complexity index is 737. The fourth-order valence-corrected chi connectivity index (χ4v) is 2.40. The molecule has 1 aromatic heterocycles. The van der Waals surface area contributed by atoms with Crippen LogP contribution in [0.4, 0.5) is 10.5 Å². The van der Waals surface area contributed by atoms with Crippen molar-refractivity contribution in [1.29, 1.82) is 0 Å². The van der Waals surface area contributed by atoms with Crippen LogP contribution < -0.4 is 10.6 Å². The average molecular weight is 343 g/mol. The van der Waals surface area contributed by atoms with E-state index in [1.807, 2.05) is 24.3 Å². The van der Waals surface area contributed by atoms with E-state index in [4.69, 9.17) is 4.42 Å². The van der Waals surface area contributed by atoms with Gasteiger partial charge >= 0.3 is 6.03 Å². The Morgan fingerprint density at radius 2 is 1.88 bits per heavy atom. The first-order chi connectivity index (χ1) is 11.9. The van der Waals surface area contributed by atoms with Gasteiger partial charge in [-0.1, -0.05) is 32.0 Å². The molecular formula is C19H25N3O3. The van der Waals surface area contributed by atoms with E-state index in [-0.39, 0.29) is 24.2 Å². The summed E-state index contributed by atoms with van der Waals surface area (Å²) in [5.74, 6) is 0.930. The van der Waals surface area contributed by atoms with Gasteiger partial charge in [0.1, 0.15) is 5.76 Å². The minimum Gasteiger partial charge on any atom is -0.454 e. The lowest BCUT2D eigenvalue weighted by Crippen LogP contribution is -2.28. The zero-order valence-corrected chi connectivity index (χ0v) is 15.1. The molecule has 134 valence electrons. The monoisotopic (exact) mass is 343 g/mol. The number of amides is 3. The third-order valence-electron chi connectivity index (χ3n) is 4.05. The summed E-state index contributed by atoms with van der Waals surface area (Å²) in [6.45, 7) is 4.45. The van der Waals surface area contributed by atoms with Crippen molar-refractivity contribution in [2.45, 2.75) is 32.7 Å². The minimum absolute atomic E-state index is 0.206. The summed E-state index contributed by atoms with van der Waals surface area (Å²) in [7, 11) is 3.32. The highest BCUT2D eigenvalue weighted by molar-refractivity contribution is 5.91. The van der Waals surface area contributed by atoms with Crippen LogP contribution in [0.2, 0.25) is 0 Å². The zero-order valence-electron chi connectivity index (χ0n) is 15.1. The van der Waals surface area contributed by atoms with Crippen molar-refractivity contribution in [2.75, 3.05) is 19.4 Å². The fourth-order valence-electron chi connectivity index (χ4n) is 2.40. The van der Waals surface area contributed by atoms with Gasteiger partial charge in [0, 0.05) is 19.8 Å². The van der Waals surface area contributed by atoms with Gasteiger partial charge in [-0.25, -0.2) is 4.79 Å². The number of carbonyl (C=O) groups excluding carboxylic acids is 2. The van der Waals surface area contributed by atoms with Crippen LogP contribution >= 0.6 is 0 Å². The number of urea groups is 1. The van der Waals surface area contributed by atoms with Crippen LogP contribution in [0, 0.1) is 0 Å². The van der Waals surface area contributed by atoms with Gasteiger partial charge in [0.05, 0.1) is 6.54 Å². The summed E-state index contributed by atoms with van der Waals surface area (Å²) >= 11 is 0. The number of benzene rings is 1. The number of para-hydroxylation sites is 1. The molecule has 2 N–H and O–H groups in total. The van der Waals surface area contributed by atoms with E-state index in [9.17, 15) is 9.59 Å². The Labute approximate surface area is 148 Å². The number of nitrogens with one attached hydrogen (secondary N) is 2. The summed E-state index contributed by atoms with van der Waals surface area (Å²) < 4.78 is 5.45. The Kier molecular flexibility index (Phi) is 6.22. The van der Waals surface area contributed by atoms with Gasteiger partial charge in [0.15, 0.2) is 5.76 Å². The first-order valence-electron chi connectivity index (χ1n) is 8.36. The number of hydrogen-bond acceptors (Lipinski definition) is 3. The van der Waals surface area contributed by atoms with E-state index in [2.05, 4.69) is 24.5 Å². The maximum Gasteiger partial charge on any atom is 0.319 e. The van der Waals surface area contributed by atoms with E-state index in [1.54, 1.807) is 26.2 Å². The molecule has 0 radical (unpaired) electrons. The lowest BCUT2D eigenvalue weighted by atomic mass is 9.97. The largest absolute Gasteiger partial charge is 0.454 e. The second kappa shape index (κ2) is 8.37. The molecule has 0 saturated carbocycles. The summed E-state index contributed by atoms with van der Waals surface area (Å²) in [5.41, 5.74) is 1.91. The number of furan rings is 1. The molecule has 0 fully saturated rings. The van der Waals surface area contributed by atoms with Gasteiger partial charge in [0.25, 0.3) is 5.91 Å². The minimum atomic E-state index is -0.312. The molecule has 3 amide bonds. The molecule has 0 spiro atoms. The molecule has 1 heterocycles. The van der Waals surface area contributed by atoms with Crippen LogP contribution in [0.1, 0.15) is 48.1 Å². The third-order valence-corrected chi connectivity index (χ3v) is 4.05. The normalized spacial score (nSPS) is 11.7. The Morgan fingerprint density at radius 3 is 2.56 bits per heavy atom. The smallest absolute Gasteiger partial charge is 0.319 e. The number of hydrogen-bond donors (Lipinski definition) is 2. The van der Waals surface area contributed by atoms with Crippen molar-refractivity contribution in [3.63, 3.8) is 0 Å². The van der Waals surface area contributed by atoms with Crippen LogP contribution in [0.3, 0.4) is 0 Å². The van der Waals surface area contributed by atoms with E-state index < -0.39 is 0 Å². The van der Waals surface area contributed by atoms with Crippen LogP contribution in [0.25, 0.3) is 0 Å². The quantitative estimate of drug-likeness (QED) is 0.837. The van der Waals surface area contributed by atoms with Crippen molar-refractivity contribution in [1.82, 2.24) is 10.2 Å². The second-order valence-electron chi connectivity index (χ2n) is 6.17. The maximum atomic E-state index is 12.2. The second-order valence-corrected chi connectivity index (χ2v) is 6.17. The number of nitrogens with zero attached hydrogens (tertiary/aromatic N) is 1. The van der Waals surface area contributed by atoms with Gasteiger partial charge in [-0.3, -0.25) is 4.79 Å². The molecule has 0 unspecified atom stereocenters. The van der Waals surface area contributed by atoms with Crippen molar-refractivity contribution in [3.05, 3.63) is 53.5 Å². The highest BCUT2D eigenvalue weighted by atomic mass is 16.4. The Balaban J connectivity index is 1.95.